The summed E-state index contributed by atoms with van der Waals surface area (Å²) in [5, 5.41) is 10.0. The van der Waals surface area contributed by atoms with Crippen molar-refractivity contribution in [2.45, 2.75) is 22.9 Å². The normalized spacial score (nSPS) is 11.6. The summed E-state index contributed by atoms with van der Waals surface area (Å²) in [6, 6.07) is 17.7. The molecular formula is C21H12ClF3N4S. The summed E-state index contributed by atoms with van der Waals surface area (Å²) in [5.74, 6) is 0. The maximum absolute atomic E-state index is 12.9. The van der Waals surface area contributed by atoms with Gasteiger partial charge in [0.1, 0.15) is 5.03 Å². The molecule has 0 atom stereocenters. The van der Waals surface area contributed by atoms with E-state index < -0.39 is 11.7 Å². The van der Waals surface area contributed by atoms with Crippen LogP contribution in [0.5, 0.6) is 0 Å². The van der Waals surface area contributed by atoms with E-state index in [9.17, 15) is 18.4 Å². The van der Waals surface area contributed by atoms with Crippen molar-refractivity contribution in [2.24, 2.45) is 0 Å². The van der Waals surface area contributed by atoms with Crippen LogP contribution in [-0.2, 0) is 12.7 Å². The van der Waals surface area contributed by atoms with Gasteiger partial charge in [0.05, 0.1) is 39.8 Å². The van der Waals surface area contributed by atoms with Crippen molar-refractivity contribution in [3.8, 4) is 6.07 Å². The van der Waals surface area contributed by atoms with E-state index in [-0.39, 0.29) is 10.0 Å². The van der Waals surface area contributed by atoms with Crippen LogP contribution in [0.4, 0.5) is 13.2 Å². The van der Waals surface area contributed by atoms with Crippen LogP contribution in [-0.4, -0.2) is 14.5 Å². The molecule has 150 valence electrons. The first-order chi connectivity index (χ1) is 14.4. The van der Waals surface area contributed by atoms with Gasteiger partial charge in [0.15, 0.2) is 5.16 Å². The molecule has 9 heteroatoms. The number of fused-ring (bicyclic) bond motifs is 1. The largest absolute Gasteiger partial charge is 0.417 e. The van der Waals surface area contributed by atoms with Crippen molar-refractivity contribution in [3.63, 3.8) is 0 Å². The van der Waals surface area contributed by atoms with Gasteiger partial charge in [0.2, 0.25) is 0 Å². The molecular weight excluding hydrogens is 433 g/mol. The lowest BCUT2D eigenvalue weighted by Gasteiger charge is -2.11. The Balaban J connectivity index is 1.77. The number of hydrogen-bond donors (Lipinski definition) is 0. The third-order valence-electron chi connectivity index (χ3n) is 4.41. The molecule has 0 spiro atoms. The van der Waals surface area contributed by atoms with Gasteiger partial charge in [-0.3, -0.25) is 0 Å². The van der Waals surface area contributed by atoms with E-state index in [0.717, 1.165) is 40.6 Å². The SMILES string of the molecule is N#Cc1ccccc1Cn1c(Sc2ncc(C(F)(F)F)cc2Cl)nc2ccccc21. The van der Waals surface area contributed by atoms with Crippen LogP contribution in [0.15, 0.2) is 71.0 Å². The van der Waals surface area contributed by atoms with Crippen LogP contribution in [0.25, 0.3) is 11.0 Å². The first kappa shape index (κ1) is 20.3. The second-order valence-electron chi connectivity index (χ2n) is 6.35. The lowest BCUT2D eigenvalue weighted by molar-refractivity contribution is -0.137. The number of pyridine rings is 1. The molecule has 30 heavy (non-hydrogen) atoms. The number of para-hydroxylation sites is 2. The zero-order valence-corrected chi connectivity index (χ0v) is 16.8. The first-order valence-electron chi connectivity index (χ1n) is 8.70. The van der Waals surface area contributed by atoms with Gasteiger partial charge in [-0.1, -0.05) is 41.9 Å². The predicted octanol–water partition coefficient (Wildman–Crippen LogP) is 6.17. The summed E-state index contributed by atoms with van der Waals surface area (Å²) >= 11 is 7.16. The highest BCUT2D eigenvalue weighted by molar-refractivity contribution is 7.99. The minimum Gasteiger partial charge on any atom is -0.314 e. The summed E-state index contributed by atoms with van der Waals surface area (Å²) in [6.07, 6.45) is -3.76. The van der Waals surface area contributed by atoms with Crippen molar-refractivity contribution in [2.75, 3.05) is 0 Å². The fourth-order valence-electron chi connectivity index (χ4n) is 2.96. The van der Waals surface area contributed by atoms with E-state index >= 15 is 0 Å². The van der Waals surface area contributed by atoms with Crippen molar-refractivity contribution in [1.82, 2.24) is 14.5 Å². The van der Waals surface area contributed by atoms with Crippen LogP contribution in [0.1, 0.15) is 16.7 Å². The van der Waals surface area contributed by atoms with E-state index in [0.29, 0.717) is 17.3 Å². The Morgan fingerprint density at radius 1 is 1.10 bits per heavy atom. The van der Waals surface area contributed by atoms with Gasteiger partial charge in [-0.25, -0.2) is 9.97 Å². The van der Waals surface area contributed by atoms with Crippen molar-refractivity contribution >= 4 is 34.4 Å². The minimum absolute atomic E-state index is 0.106. The van der Waals surface area contributed by atoms with Crippen LogP contribution >= 0.6 is 23.4 Å². The monoisotopic (exact) mass is 444 g/mol. The van der Waals surface area contributed by atoms with Crippen molar-refractivity contribution in [1.29, 1.82) is 5.26 Å². The maximum atomic E-state index is 12.9. The Morgan fingerprint density at radius 2 is 1.83 bits per heavy atom. The molecule has 0 bridgehead atoms. The number of imidazole rings is 1. The number of nitriles is 1. The molecule has 0 radical (unpaired) electrons. The highest BCUT2D eigenvalue weighted by atomic mass is 35.5. The number of hydrogen-bond acceptors (Lipinski definition) is 4. The number of aromatic nitrogens is 3. The third kappa shape index (κ3) is 3.99. The zero-order valence-electron chi connectivity index (χ0n) is 15.2. The predicted molar refractivity (Wildman–Crippen MR) is 108 cm³/mol. The molecule has 2 heterocycles. The van der Waals surface area contributed by atoms with Crippen molar-refractivity contribution < 1.29 is 13.2 Å². The summed E-state index contributed by atoms with van der Waals surface area (Å²) in [7, 11) is 0. The molecule has 0 fully saturated rings. The Kier molecular flexibility index (Phi) is 5.41. The highest BCUT2D eigenvalue weighted by Crippen LogP contribution is 2.37. The van der Waals surface area contributed by atoms with E-state index in [1.54, 1.807) is 12.1 Å². The Morgan fingerprint density at radius 3 is 2.57 bits per heavy atom. The van der Waals surface area contributed by atoms with Gasteiger partial charge in [-0.2, -0.15) is 18.4 Å². The smallest absolute Gasteiger partial charge is 0.314 e. The average molecular weight is 445 g/mol. The summed E-state index contributed by atoms with van der Waals surface area (Å²) < 4.78 is 40.6. The molecule has 0 aliphatic rings. The Bertz CT molecular complexity index is 1280. The molecule has 0 aliphatic heterocycles. The molecule has 4 nitrogen and oxygen atoms in total. The lowest BCUT2D eigenvalue weighted by atomic mass is 10.1. The van der Waals surface area contributed by atoms with Gasteiger partial charge < -0.3 is 4.57 Å². The topological polar surface area (TPSA) is 54.5 Å². The standard InChI is InChI=1S/C21H12ClF3N4S/c22-16-9-15(21(23,24)25)11-27-19(16)30-20-28-17-7-3-4-8-18(17)29(20)12-14-6-2-1-5-13(14)10-26/h1-9,11H,12H2. The van der Waals surface area contributed by atoms with E-state index in [4.69, 9.17) is 11.6 Å². The molecule has 2 aromatic heterocycles. The Labute approximate surface area is 178 Å². The van der Waals surface area contributed by atoms with Crippen LogP contribution in [0.2, 0.25) is 5.02 Å². The van der Waals surface area contributed by atoms with E-state index in [2.05, 4.69) is 16.0 Å². The number of nitrogens with zero attached hydrogens (tertiary/aromatic N) is 4. The summed E-state index contributed by atoms with van der Waals surface area (Å²) in [4.78, 5) is 8.49. The lowest BCUT2D eigenvalue weighted by Crippen LogP contribution is -2.06. The quantitative estimate of drug-likeness (QED) is 0.377. The third-order valence-corrected chi connectivity index (χ3v) is 5.82. The number of halogens is 4. The Hall–Kier alpha value is -3.02. The second-order valence-corrected chi connectivity index (χ2v) is 7.71. The summed E-state index contributed by atoms with van der Waals surface area (Å²) in [5.41, 5.74) is 1.98. The van der Waals surface area contributed by atoms with Gasteiger partial charge in [-0.05, 0) is 41.6 Å². The van der Waals surface area contributed by atoms with Gasteiger partial charge >= 0.3 is 6.18 Å². The molecule has 4 rings (SSSR count). The zero-order chi connectivity index (χ0) is 21.3. The molecule has 0 N–H and O–H groups in total. The van der Waals surface area contributed by atoms with E-state index in [1.165, 1.54) is 0 Å². The molecule has 0 amide bonds. The van der Waals surface area contributed by atoms with Gasteiger partial charge in [-0.15, -0.1) is 0 Å². The molecule has 0 aliphatic carbocycles. The number of alkyl halides is 3. The van der Waals surface area contributed by atoms with Gasteiger partial charge in [0.25, 0.3) is 0 Å². The van der Waals surface area contributed by atoms with Crippen LogP contribution in [0, 0.1) is 11.3 Å². The second kappa shape index (κ2) is 8.01. The van der Waals surface area contributed by atoms with Crippen LogP contribution < -0.4 is 0 Å². The molecule has 0 unspecified atom stereocenters. The molecule has 4 aromatic rings. The fourth-order valence-corrected chi connectivity index (χ4v) is 4.10. The first-order valence-corrected chi connectivity index (χ1v) is 9.90. The molecule has 0 saturated heterocycles. The van der Waals surface area contributed by atoms with Crippen LogP contribution in [0.3, 0.4) is 0 Å². The number of rotatable bonds is 4. The van der Waals surface area contributed by atoms with Gasteiger partial charge in [0, 0.05) is 6.20 Å². The highest BCUT2D eigenvalue weighted by Gasteiger charge is 2.31. The minimum atomic E-state index is -4.52. The average Bonchev–Trinajstić information content (AvgIpc) is 3.06. The fraction of sp³-hybridized carbons (Fsp3) is 0.0952. The van der Waals surface area contributed by atoms with Crippen molar-refractivity contribution in [3.05, 3.63) is 82.5 Å². The summed E-state index contributed by atoms with van der Waals surface area (Å²) in [6.45, 7) is 0.366. The number of benzene rings is 2. The molecule has 2 aromatic carbocycles. The van der Waals surface area contributed by atoms with E-state index in [1.807, 2.05) is 41.0 Å². The molecule has 0 saturated carbocycles. The maximum Gasteiger partial charge on any atom is 0.417 e.